The van der Waals surface area contributed by atoms with E-state index in [4.69, 9.17) is 0 Å². The predicted octanol–water partition coefficient (Wildman–Crippen LogP) is 2.92. The van der Waals surface area contributed by atoms with Crippen LogP contribution in [0.15, 0.2) is 59.9 Å². The number of rotatable bonds is 5. The molecule has 0 aliphatic carbocycles. The van der Waals surface area contributed by atoms with E-state index in [9.17, 15) is 4.79 Å². The lowest BCUT2D eigenvalue weighted by Gasteiger charge is -2.30. The second kappa shape index (κ2) is 9.02. The van der Waals surface area contributed by atoms with Gasteiger partial charge in [-0.25, -0.2) is 9.97 Å². The van der Waals surface area contributed by atoms with Crippen LogP contribution in [0.5, 0.6) is 0 Å². The number of nitrogens with one attached hydrogen (secondary N) is 2. The summed E-state index contributed by atoms with van der Waals surface area (Å²) in [4.78, 5) is 29.2. The summed E-state index contributed by atoms with van der Waals surface area (Å²) in [5.41, 5.74) is 2.85. The third-order valence-electron chi connectivity index (χ3n) is 4.74. The minimum absolute atomic E-state index is 0.279. The Bertz CT molecular complexity index is 988. The first-order valence-corrected chi connectivity index (χ1v) is 10.7. The Labute approximate surface area is 174 Å². The molecular weight excluding hydrogens is 384 g/mol. The molecule has 1 aromatic carbocycles. The molecule has 1 amide bonds. The molecule has 0 saturated carbocycles. The van der Waals surface area contributed by atoms with Gasteiger partial charge in [-0.2, -0.15) is 0 Å². The molecule has 8 heteroatoms. The Balaban J connectivity index is 1.55. The SMILES string of the molecule is CSc1ccc(-c2nccc(C(=O)Nc3cnccc3N3CCNCC3)n2)cc1. The minimum atomic E-state index is -0.279. The highest BCUT2D eigenvalue weighted by atomic mass is 32.2. The third kappa shape index (κ3) is 4.55. The van der Waals surface area contributed by atoms with Crippen molar-refractivity contribution in [2.24, 2.45) is 0 Å². The van der Waals surface area contributed by atoms with Gasteiger partial charge in [-0.3, -0.25) is 9.78 Å². The smallest absolute Gasteiger partial charge is 0.274 e. The van der Waals surface area contributed by atoms with Crippen molar-refractivity contribution >= 4 is 29.0 Å². The van der Waals surface area contributed by atoms with Crippen LogP contribution in [-0.2, 0) is 0 Å². The zero-order valence-corrected chi connectivity index (χ0v) is 16.9. The fourth-order valence-electron chi connectivity index (χ4n) is 3.22. The molecule has 29 heavy (non-hydrogen) atoms. The molecule has 1 aliphatic rings. The van der Waals surface area contributed by atoms with Gasteiger partial charge in [0.1, 0.15) is 5.69 Å². The summed E-state index contributed by atoms with van der Waals surface area (Å²) in [7, 11) is 0. The molecule has 2 aromatic heterocycles. The van der Waals surface area contributed by atoms with Gasteiger partial charge in [0.05, 0.1) is 17.6 Å². The Morgan fingerprint density at radius 1 is 1.10 bits per heavy atom. The number of hydrogen-bond acceptors (Lipinski definition) is 7. The Kier molecular flexibility index (Phi) is 6.02. The lowest BCUT2D eigenvalue weighted by Crippen LogP contribution is -2.43. The van der Waals surface area contributed by atoms with Crippen molar-refractivity contribution in [1.29, 1.82) is 0 Å². The highest BCUT2D eigenvalue weighted by Crippen LogP contribution is 2.25. The zero-order chi connectivity index (χ0) is 20.1. The van der Waals surface area contributed by atoms with Gasteiger partial charge in [0.15, 0.2) is 5.82 Å². The summed E-state index contributed by atoms with van der Waals surface area (Å²) >= 11 is 1.68. The molecule has 0 atom stereocenters. The summed E-state index contributed by atoms with van der Waals surface area (Å²) in [5, 5.41) is 6.30. The van der Waals surface area contributed by atoms with Gasteiger partial charge in [-0.15, -0.1) is 11.8 Å². The van der Waals surface area contributed by atoms with E-state index in [1.807, 2.05) is 36.6 Å². The normalized spacial score (nSPS) is 13.9. The molecule has 1 fully saturated rings. The number of nitrogens with zero attached hydrogens (tertiary/aromatic N) is 4. The Morgan fingerprint density at radius 3 is 2.66 bits per heavy atom. The van der Waals surface area contributed by atoms with Gasteiger partial charge in [0.25, 0.3) is 5.91 Å². The molecule has 3 heterocycles. The van der Waals surface area contributed by atoms with Crippen LogP contribution in [0.25, 0.3) is 11.4 Å². The van der Waals surface area contributed by atoms with Crippen LogP contribution >= 0.6 is 11.8 Å². The first-order valence-electron chi connectivity index (χ1n) is 9.43. The van der Waals surface area contributed by atoms with E-state index in [0.29, 0.717) is 17.2 Å². The molecule has 3 aromatic rings. The number of carbonyl (C=O) groups excluding carboxylic acids is 1. The van der Waals surface area contributed by atoms with Crippen molar-refractivity contribution in [3.63, 3.8) is 0 Å². The number of pyridine rings is 1. The number of hydrogen-bond donors (Lipinski definition) is 2. The lowest BCUT2D eigenvalue weighted by molar-refractivity contribution is 0.102. The summed E-state index contributed by atoms with van der Waals surface area (Å²) in [5.74, 6) is 0.248. The van der Waals surface area contributed by atoms with Crippen LogP contribution in [0.3, 0.4) is 0 Å². The fraction of sp³-hybridized carbons (Fsp3) is 0.238. The Hall–Kier alpha value is -2.97. The maximum absolute atomic E-state index is 12.9. The van der Waals surface area contributed by atoms with Crippen LogP contribution < -0.4 is 15.5 Å². The molecule has 2 N–H and O–H groups in total. The number of thioether (sulfide) groups is 1. The first kappa shape index (κ1) is 19.4. The van der Waals surface area contributed by atoms with Gasteiger partial charge in [-0.1, -0.05) is 12.1 Å². The van der Waals surface area contributed by atoms with E-state index in [-0.39, 0.29) is 5.91 Å². The largest absolute Gasteiger partial charge is 0.367 e. The van der Waals surface area contributed by atoms with Crippen molar-refractivity contribution in [2.75, 3.05) is 42.7 Å². The standard InChI is InChI=1S/C21H22N6OS/c1-29-16-4-2-15(3-5-16)20-24-9-6-17(25-20)21(28)26-18-14-23-8-7-19(18)27-12-10-22-11-13-27/h2-9,14,22H,10-13H2,1H3,(H,26,28). The van der Waals surface area contributed by atoms with Crippen LogP contribution in [0, 0.1) is 0 Å². The molecule has 4 rings (SSSR count). The van der Waals surface area contributed by atoms with Gasteiger partial charge in [0, 0.05) is 49.0 Å². The van der Waals surface area contributed by atoms with Crippen molar-refractivity contribution in [3.05, 3.63) is 60.7 Å². The average molecular weight is 407 g/mol. The zero-order valence-electron chi connectivity index (χ0n) is 16.1. The molecule has 7 nitrogen and oxygen atoms in total. The van der Waals surface area contributed by atoms with Gasteiger partial charge >= 0.3 is 0 Å². The first-order chi connectivity index (χ1) is 14.2. The Morgan fingerprint density at radius 2 is 1.90 bits per heavy atom. The quantitative estimate of drug-likeness (QED) is 0.631. The molecule has 0 radical (unpaired) electrons. The van der Waals surface area contributed by atoms with E-state index < -0.39 is 0 Å². The lowest BCUT2D eigenvalue weighted by atomic mass is 10.2. The second-order valence-electron chi connectivity index (χ2n) is 6.58. The number of piperazine rings is 1. The van der Waals surface area contributed by atoms with Gasteiger partial charge in [0.2, 0.25) is 0 Å². The number of carbonyl (C=O) groups is 1. The monoisotopic (exact) mass is 406 g/mol. The van der Waals surface area contributed by atoms with Crippen molar-refractivity contribution < 1.29 is 4.79 Å². The van der Waals surface area contributed by atoms with Crippen LogP contribution in [-0.4, -0.2) is 53.3 Å². The topological polar surface area (TPSA) is 83.0 Å². The molecule has 0 spiro atoms. The molecule has 0 unspecified atom stereocenters. The summed E-state index contributed by atoms with van der Waals surface area (Å²) in [6.07, 6.45) is 7.07. The van der Waals surface area contributed by atoms with Crippen LogP contribution in [0.4, 0.5) is 11.4 Å². The number of anilines is 2. The average Bonchev–Trinajstić information content (AvgIpc) is 2.80. The molecule has 148 valence electrons. The highest BCUT2D eigenvalue weighted by Gasteiger charge is 2.17. The molecule has 1 aliphatic heterocycles. The third-order valence-corrected chi connectivity index (χ3v) is 5.48. The van der Waals surface area contributed by atoms with E-state index in [1.165, 1.54) is 4.90 Å². The summed E-state index contributed by atoms with van der Waals surface area (Å²) in [6.45, 7) is 3.60. The number of aromatic nitrogens is 3. The van der Waals surface area contributed by atoms with Gasteiger partial charge < -0.3 is 15.5 Å². The van der Waals surface area contributed by atoms with Crippen LogP contribution in [0.1, 0.15) is 10.5 Å². The van der Waals surface area contributed by atoms with Crippen molar-refractivity contribution in [3.8, 4) is 11.4 Å². The summed E-state index contributed by atoms with van der Waals surface area (Å²) in [6, 6.07) is 11.5. The van der Waals surface area contributed by atoms with Crippen LogP contribution in [0.2, 0.25) is 0 Å². The number of benzene rings is 1. The van der Waals surface area contributed by atoms with Crippen molar-refractivity contribution in [1.82, 2.24) is 20.3 Å². The van der Waals surface area contributed by atoms with Crippen molar-refractivity contribution in [2.45, 2.75) is 4.90 Å². The molecule has 0 bridgehead atoms. The fourth-order valence-corrected chi connectivity index (χ4v) is 3.62. The van der Waals surface area contributed by atoms with Gasteiger partial charge in [-0.05, 0) is 30.5 Å². The maximum atomic E-state index is 12.9. The molecular formula is C21H22N6OS. The summed E-state index contributed by atoms with van der Waals surface area (Å²) < 4.78 is 0. The second-order valence-corrected chi connectivity index (χ2v) is 7.46. The predicted molar refractivity (Wildman–Crippen MR) is 117 cm³/mol. The van der Waals surface area contributed by atoms with E-state index in [1.54, 1.807) is 36.4 Å². The van der Waals surface area contributed by atoms with E-state index in [0.717, 1.165) is 37.4 Å². The number of amides is 1. The maximum Gasteiger partial charge on any atom is 0.274 e. The molecule has 1 saturated heterocycles. The highest BCUT2D eigenvalue weighted by molar-refractivity contribution is 7.98. The van der Waals surface area contributed by atoms with E-state index in [2.05, 4.69) is 30.5 Å². The minimum Gasteiger partial charge on any atom is -0.367 e. The van der Waals surface area contributed by atoms with E-state index >= 15 is 0 Å².